The quantitative estimate of drug-likeness (QED) is 0.719. The molecule has 15 heavy (non-hydrogen) atoms. The highest BCUT2D eigenvalue weighted by molar-refractivity contribution is 5.83. The van der Waals surface area contributed by atoms with E-state index in [9.17, 15) is 0 Å². The Morgan fingerprint density at radius 1 is 1.20 bits per heavy atom. The van der Waals surface area contributed by atoms with Crippen LogP contribution in [-0.4, -0.2) is 4.98 Å². The van der Waals surface area contributed by atoms with E-state index < -0.39 is 0 Å². The molecule has 2 rings (SSSR count). The Morgan fingerprint density at radius 2 is 2.00 bits per heavy atom. The summed E-state index contributed by atoms with van der Waals surface area (Å²) in [5.74, 6) is 0. The summed E-state index contributed by atoms with van der Waals surface area (Å²) in [6.07, 6.45) is 4.08. The zero-order chi connectivity index (χ0) is 10.8. The molecule has 0 aliphatic heterocycles. The van der Waals surface area contributed by atoms with E-state index in [1.54, 1.807) is 0 Å². The first-order valence-electron chi connectivity index (χ1n) is 5.64. The van der Waals surface area contributed by atoms with Crippen molar-refractivity contribution in [2.24, 2.45) is 0 Å². The van der Waals surface area contributed by atoms with Gasteiger partial charge in [0.05, 0.1) is 5.52 Å². The van der Waals surface area contributed by atoms with Crippen LogP contribution in [0, 0.1) is 6.92 Å². The van der Waals surface area contributed by atoms with Crippen LogP contribution in [0.15, 0.2) is 24.4 Å². The molecule has 1 heterocycles. The average Bonchev–Trinajstić information content (AvgIpc) is 2.29. The lowest BCUT2D eigenvalue weighted by Crippen LogP contribution is -1.97. The third-order valence-electron chi connectivity index (χ3n) is 3.10. The van der Waals surface area contributed by atoms with Crippen LogP contribution in [-0.2, 0) is 12.8 Å². The van der Waals surface area contributed by atoms with Crippen molar-refractivity contribution in [2.45, 2.75) is 33.6 Å². The molecular weight excluding hydrogens is 182 g/mol. The second-order valence-electron chi connectivity index (χ2n) is 3.92. The van der Waals surface area contributed by atoms with Gasteiger partial charge in [-0.2, -0.15) is 0 Å². The van der Waals surface area contributed by atoms with Crippen LogP contribution < -0.4 is 0 Å². The molecule has 0 aliphatic rings. The maximum absolute atomic E-state index is 4.46. The van der Waals surface area contributed by atoms with Crippen LogP contribution in [0.5, 0.6) is 0 Å². The molecule has 1 aromatic heterocycles. The van der Waals surface area contributed by atoms with Crippen molar-refractivity contribution in [1.82, 2.24) is 4.98 Å². The summed E-state index contributed by atoms with van der Waals surface area (Å²) in [4.78, 5) is 4.46. The summed E-state index contributed by atoms with van der Waals surface area (Å²) in [7, 11) is 0. The normalized spacial score (nSPS) is 10.9. The van der Waals surface area contributed by atoms with E-state index in [1.165, 1.54) is 22.1 Å². The van der Waals surface area contributed by atoms with Crippen molar-refractivity contribution < 1.29 is 0 Å². The summed E-state index contributed by atoms with van der Waals surface area (Å²) in [5, 5.41) is 1.27. The van der Waals surface area contributed by atoms with Crippen molar-refractivity contribution in [1.29, 1.82) is 0 Å². The van der Waals surface area contributed by atoms with Gasteiger partial charge in [0, 0.05) is 11.6 Å². The van der Waals surface area contributed by atoms with E-state index in [0.29, 0.717) is 0 Å². The number of aromatic nitrogens is 1. The smallest absolute Gasteiger partial charge is 0.0734 e. The molecule has 1 aromatic carbocycles. The first kappa shape index (κ1) is 10.2. The van der Waals surface area contributed by atoms with Gasteiger partial charge in [-0.3, -0.25) is 4.98 Å². The van der Waals surface area contributed by atoms with Gasteiger partial charge in [-0.1, -0.05) is 19.9 Å². The highest BCUT2D eigenvalue weighted by atomic mass is 14.6. The minimum Gasteiger partial charge on any atom is -0.256 e. The molecule has 2 aromatic rings. The summed E-state index contributed by atoms with van der Waals surface area (Å²) in [6.45, 7) is 6.62. The van der Waals surface area contributed by atoms with Crippen LogP contribution in [0.1, 0.15) is 30.5 Å². The third kappa shape index (κ3) is 1.63. The molecule has 1 nitrogen and oxygen atoms in total. The van der Waals surface area contributed by atoms with Gasteiger partial charge in [-0.25, -0.2) is 0 Å². The Morgan fingerprint density at radius 3 is 2.67 bits per heavy atom. The number of pyridine rings is 1. The molecule has 0 saturated carbocycles. The first-order chi connectivity index (χ1) is 7.27. The maximum atomic E-state index is 4.46. The Kier molecular flexibility index (Phi) is 2.72. The van der Waals surface area contributed by atoms with Gasteiger partial charge in [0.15, 0.2) is 0 Å². The van der Waals surface area contributed by atoms with Crippen LogP contribution in [0.3, 0.4) is 0 Å². The number of benzene rings is 1. The molecule has 0 radical (unpaired) electrons. The van der Waals surface area contributed by atoms with Crippen molar-refractivity contribution in [2.75, 3.05) is 0 Å². The molecule has 0 spiro atoms. The molecule has 0 aliphatic carbocycles. The number of aryl methyl sites for hydroxylation is 2. The summed E-state index contributed by atoms with van der Waals surface area (Å²) in [6, 6.07) is 6.44. The fourth-order valence-corrected chi connectivity index (χ4v) is 2.31. The van der Waals surface area contributed by atoms with Gasteiger partial charge < -0.3 is 0 Å². The fraction of sp³-hybridized carbons (Fsp3) is 0.357. The Hall–Kier alpha value is -1.37. The van der Waals surface area contributed by atoms with E-state index in [-0.39, 0.29) is 0 Å². The SMILES string of the molecule is CCc1cc2cccnc2c(C)c1CC. The number of hydrogen-bond donors (Lipinski definition) is 0. The first-order valence-corrected chi connectivity index (χ1v) is 5.64. The zero-order valence-corrected chi connectivity index (χ0v) is 9.67. The molecule has 0 unspecified atom stereocenters. The standard InChI is InChI=1S/C14H17N/c1-4-11-9-12-7-6-8-15-14(12)10(3)13(11)5-2/h6-9H,4-5H2,1-3H3. The molecule has 0 saturated heterocycles. The van der Waals surface area contributed by atoms with Crippen molar-refractivity contribution >= 4 is 10.9 Å². The molecule has 78 valence electrons. The molecule has 0 atom stereocenters. The minimum atomic E-state index is 1.10. The van der Waals surface area contributed by atoms with Gasteiger partial charge >= 0.3 is 0 Å². The maximum Gasteiger partial charge on any atom is 0.0734 e. The van der Waals surface area contributed by atoms with Crippen molar-refractivity contribution in [3.05, 3.63) is 41.1 Å². The molecule has 0 fully saturated rings. The number of rotatable bonds is 2. The summed E-state index contributed by atoms with van der Waals surface area (Å²) >= 11 is 0. The number of fused-ring (bicyclic) bond motifs is 1. The van der Waals surface area contributed by atoms with E-state index in [0.717, 1.165) is 18.4 Å². The summed E-state index contributed by atoms with van der Waals surface area (Å²) < 4.78 is 0. The van der Waals surface area contributed by atoms with E-state index in [2.05, 4.69) is 37.9 Å². The molecule has 0 amide bonds. The Labute approximate surface area is 91.2 Å². The lowest BCUT2D eigenvalue weighted by Gasteiger charge is -2.12. The van der Waals surface area contributed by atoms with Crippen LogP contribution in [0.2, 0.25) is 0 Å². The molecular formula is C14H17N. The van der Waals surface area contributed by atoms with Gasteiger partial charge in [-0.05, 0) is 48.6 Å². The van der Waals surface area contributed by atoms with Crippen molar-refractivity contribution in [3.8, 4) is 0 Å². The largest absolute Gasteiger partial charge is 0.256 e. The lowest BCUT2D eigenvalue weighted by atomic mass is 9.95. The fourth-order valence-electron chi connectivity index (χ4n) is 2.31. The van der Waals surface area contributed by atoms with Gasteiger partial charge in [0.1, 0.15) is 0 Å². The second kappa shape index (κ2) is 4.01. The number of hydrogen-bond acceptors (Lipinski definition) is 1. The highest BCUT2D eigenvalue weighted by Gasteiger charge is 2.07. The zero-order valence-electron chi connectivity index (χ0n) is 9.67. The van der Waals surface area contributed by atoms with E-state index in [4.69, 9.17) is 0 Å². The molecule has 0 N–H and O–H groups in total. The Bertz CT molecular complexity index is 486. The van der Waals surface area contributed by atoms with Crippen LogP contribution in [0.25, 0.3) is 10.9 Å². The topological polar surface area (TPSA) is 12.9 Å². The summed E-state index contributed by atoms with van der Waals surface area (Å²) in [5.41, 5.74) is 5.46. The van der Waals surface area contributed by atoms with Crippen LogP contribution >= 0.6 is 0 Å². The highest BCUT2D eigenvalue weighted by Crippen LogP contribution is 2.24. The second-order valence-corrected chi connectivity index (χ2v) is 3.92. The third-order valence-corrected chi connectivity index (χ3v) is 3.10. The predicted molar refractivity (Wildman–Crippen MR) is 65.2 cm³/mol. The van der Waals surface area contributed by atoms with Crippen LogP contribution in [0.4, 0.5) is 0 Å². The molecule has 0 bridgehead atoms. The minimum absolute atomic E-state index is 1.10. The average molecular weight is 199 g/mol. The van der Waals surface area contributed by atoms with Gasteiger partial charge in [0.2, 0.25) is 0 Å². The molecule has 1 heteroatoms. The van der Waals surface area contributed by atoms with E-state index >= 15 is 0 Å². The van der Waals surface area contributed by atoms with E-state index in [1.807, 2.05) is 12.3 Å². The Balaban J connectivity index is 2.81. The lowest BCUT2D eigenvalue weighted by molar-refractivity contribution is 1.02. The van der Waals surface area contributed by atoms with Gasteiger partial charge in [0.25, 0.3) is 0 Å². The monoisotopic (exact) mass is 199 g/mol. The van der Waals surface area contributed by atoms with Gasteiger partial charge in [-0.15, -0.1) is 0 Å². The number of nitrogens with zero attached hydrogens (tertiary/aromatic N) is 1. The predicted octanol–water partition coefficient (Wildman–Crippen LogP) is 3.67. The van der Waals surface area contributed by atoms with Crippen molar-refractivity contribution in [3.63, 3.8) is 0 Å².